The minimum absolute atomic E-state index is 0.316. The number of morpholine rings is 1. The molecule has 0 saturated carbocycles. The third-order valence-corrected chi connectivity index (χ3v) is 3.74. The van der Waals surface area contributed by atoms with Gasteiger partial charge in [-0.1, -0.05) is 5.16 Å². The second-order valence-electron chi connectivity index (χ2n) is 5.21. The van der Waals surface area contributed by atoms with Gasteiger partial charge in [0, 0.05) is 26.7 Å². The molecule has 6 nitrogen and oxygen atoms in total. The number of aliphatic imine (C=N–C) groups is 1. The van der Waals surface area contributed by atoms with Gasteiger partial charge in [-0.15, -0.1) is 0 Å². The molecule has 0 amide bonds. The van der Waals surface area contributed by atoms with Crippen LogP contribution in [0.2, 0.25) is 0 Å². The van der Waals surface area contributed by atoms with Gasteiger partial charge in [-0.05, 0) is 20.8 Å². The number of aryl methyl sites for hydroxylation is 2. The summed E-state index contributed by atoms with van der Waals surface area (Å²) >= 11 is 0. The molecule has 1 saturated heterocycles. The molecule has 0 radical (unpaired) electrons. The molecule has 0 unspecified atom stereocenters. The summed E-state index contributed by atoms with van der Waals surface area (Å²) in [6, 6.07) is 0.316. The first-order valence-electron chi connectivity index (χ1n) is 7.22. The largest absolute Gasteiger partial charge is 0.387 e. The molecule has 1 atom stereocenters. The zero-order chi connectivity index (χ0) is 15.4. The van der Waals surface area contributed by atoms with E-state index in [1.807, 2.05) is 34.0 Å². The Morgan fingerprint density at radius 3 is 2.76 bits per heavy atom. The molecule has 2 rings (SSSR count). The molecular formula is C15H24N4O2. The first-order chi connectivity index (χ1) is 10.1. The van der Waals surface area contributed by atoms with Gasteiger partial charge in [0.25, 0.3) is 0 Å². The molecular weight excluding hydrogens is 268 g/mol. The lowest BCUT2D eigenvalue weighted by molar-refractivity contribution is 0.0336. The summed E-state index contributed by atoms with van der Waals surface area (Å²) in [5.41, 5.74) is 2.84. The zero-order valence-corrected chi connectivity index (χ0v) is 13.4. The van der Waals surface area contributed by atoms with E-state index < -0.39 is 0 Å². The van der Waals surface area contributed by atoms with E-state index in [-0.39, 0.29) is 0 Å². The van der Waals surface area contributed by atoms with E-state index >= 15 is 0 Å². The summed E-state index contributed by atoms with van der Waals surface area (Å²) < 4.78 is 10.7. The van der Waals surface area contributed by atoms with Crippen molar-refractivity contribution in [3.63, 3.8) is 0 Å². The van der Waals surface area contributed by atoms with Crippen molar-refractivity contribution in [1.82, 2.24) is 15.4 Å². The highest BCUT2D eigenvalue weighted by atomic mass is 16.5. The van der Waals surface area contributed by atoms with E-state index in [2.05, 4.69) is 27.3 Å². The van der Waals surface area contributed by atoms with Gasteiger partial charge in [0.15, 0.2) is 0 Å². The van der Waals surface area contributed by atoms with Crippen LogP contribution < -0.4 is 5.32 Å². The monoisotopic (exact) mass is 292 g/mol. The van der Waals surface area contributed by atoms with Crippen molar-refractivity contribution in [2.75, 3.05) is 33.9 Å². The summed E-state index contributed by atoms with van der Waals surface area (Å²) in [5.74, 6) is 1.74. The fraction of sp³-hybridized carbons (Fsp3) is 0.600. The number of ether oxygens (including phenoxy) is 1. The van der Waals surface area contributed by atoms with Gasteiger partial charge in [0.2, 0.25) is 0 Å². The Bertz CT molecular complexity index is 528. The van der Waals surface area contributed by atoms with Gasteiger partial charge in [0.05, 0.1) is 36.2 Å². The van der Waals surface area contributed by atoms with Crippen molar-refractivity contribution < 1.29 is 9.26 Å². The lowest BCUT2D eigenvalue weighted by atomic mass is 10.1. The Morgan fingerprint density at radius 2 is 2.24 bits per heavy atom. The summed E-state index contributed by atoms with van der Waals surface area (Å²) in [7, 11) is 3.71. The number of nitrogens with one attached hydrogen (secondary N) is 1. The number of hydrogen-bond acceptors (Lipinski definition) is 5. The minimum Gasteiger partial charge on any atom is -0.387 e. The van der Waals surface area contributed by atoms with Crippen LogP contribution in [-0.4, -0.2) is 55.8 Å². The molecule has 0 aromatic carbocycles. The van der Waals surface area contributed by atoms with E-state index in [1.54, 1.807) is 0 Å². The van der Waals surface area contributed by atoms with Crippen molar-refractivity contribution in [3.05, 3.63) is 23.1 Å². The van der Waals surface area contributed by atoms with Crippen molar-refractivity contribution >= 4 is 11.5 Å². The quantitative estimate of drug-likeness (QED) is 0.677. The summed E-state index contributed by atoms with van der Waals surface area (Å²) in [6.07, 6.45) is 2.05. The molecule has 1 fully saturated rings. The SMILES string of the molecule is CN=C(/C=C(\NC)c1c(C)noc1C)N1CCOC[C@H]1C. The molecule has 1 aliphatic heterocycles. The van der Waals surface area contributed by atoms with Crippen LogP contribution in [0.1, 0.15) is 23.9 Å². The topological polar surface area (TPSA) is 62.9 Å². The van der Waals surface area contributed by atoms with Crippen LogP contribution >= 0.6 is 0 Å². The lowest BCUT2D eigenvalue weighted by Crippen LogP contribution is -2.46. The van der Waals surface area contributed by atoms with Crippen LogP contribution in [0.3, 0.4) is 0 Å². The molecule has 116 valence electrons. The van der Waals surface area contributed by atoms with Crippen molar-refractivity contribution in [1.29, 1.82) is 0 Å². The molecule has 1 N–H and O–H groups in total. The van der Waals surface area contributed by atoms with E-state index in [1.165, 1.54) is 0 Å². The number of hydrogen-bond donors (Lipinski definition) is 1. The Kier molecular flexibility index (Phi) is 5.01. The molecule has 21 heavy (non-hydrogen) atoms. The van der Waals surface area contributed by atoms with Crippen molar-refractivity contribution in [3.8, 4) is 0 Å². The Balaban J connectivity index is 2.33. The molecule has 0 spiro atoms. The Morgan fingerprint density at radius 1 is 1.48 bits per heavy atom. The average molecular weight is 292 g/mol. The van der Waals surface area contributed by atoms with E-state index in [0.717, 1.165) is 48.3 Å². The van der Waals surface area contributed by atoms with Crippen LogP contribution in [0.25, 0.3) is 5.70 Å². The zero-order valence-electron chi connectivity index (χ0n) is 13.4. The third kappa shape index (κ3) is 3.26. The second-order valence-corrected chi connectivity index (χ2v) is 5.21. The summed E-state index contributed by atoms with van der Waals surface area (Å²) in [4.78, 5) is 6.70. The van der Waals surface area contributed by atoms with Gasteiger partial charge in [-0.3, -0.25) is 4.99 Å². The predicted octanol–water partition coefficient (Wildman–Crippen LogP) is 1.60. The molecule has 1 aromatic rings. The Hall–Kier alpha value is -1.82. The molecule has 0 bridgehead atoms. The molecule has 6 heteroatoms. The van der Waals surface area contributed by atoms with Crippen LogP contribution in [0.5, 0.6) is 0 Å². The fourth-order valence-corrected chi connectivity index (χ4v) is 2.61. The summed E-state index contributed by atoms with van der Waals surface area (Å²) in [5, 5.41) is 7.24. The first-order valence-corrected chi connectivity index (χ1v) is 7.22. The van der Waals surface area contributed by atoms with Gasteiger partial charge in [-0.25, -0.2) is 0 Å². The average Bonchev–Trinajstić information content (AvgIpc) is 2.81. The number of amidine groups is 1. The fourth-order valence-electron chi connectivity index (χ4n) is 2.61. The molecule has 1 aromatic heterocycles. The number of aromatic nitrogens is 1. The van der Waals surface area contributed by atoms with Gasteiger partial charge in [0.1, 0.15) is 11.6 Å². The summed E-state index contributed by atoms with van der Waals surface area (Å²) in [6.45, 7) is 8.32. The van der Waals surface area contributed by atoms with Gasteiger partial charge < -0.3 is 19.5 Å². The third-order valence-electron chi connectivity index (χ3n) is 3.74. The molecule has 1 aliphatic rings. The second kappa shape index (κ2) is 6.76. The highest BCUT2D eigenvalue weighted by molar-refractivity contribution is 5.99. The highest BCUT2D eigenvalue weighted by Gasteiger charge is 2.22. The van der Waals surface area contributed by atoms with E-state index in [4.69, 9.17) is 9.26 Å². The maximum absolute atomic E-state index is 5.49. The maximum Gasteiger partial charge on any atom is 0.143 e. The standard InChI is InChI=1S/C15H24N4O2/c1-10-9-20-7-6-19(10)14(17-5)8-13(16-4)15-11(2)18-21-12(15)3/h8,10,16H,6-7,9H2,1-5H3/b13-8-,17-14?/t10-/m1/s1. The smallest absolute Gasteiger partial charge is 0.143 e. The lowest BCUT2D eigenvalue weighted by Gasteiger charge is -2.35. The number of nitrogens with zero attached hydrogens (tertiary/aromatic N) is 3. The highest BCUT2D eigenvalue weighted by Crippen LogP contribution is 2.21. The minimum atomic E-state index is 0.316. The van der Waals surface area contributed by atoms with Crippen LogP contribution in [0.4, 0.5) is 0 Å². The first kappa shape index (κ1) is 15.6. The molecule has 2 heterocycles. The van der Waals surface area contributed by atoms with Gasteiger partial charge >= 0.3 is 0 Å². The van der Waals surface area contributed by atoms with Gasteiger partial charge in [-0.2, -0.15) is 0 Å². The normalized spacial score (nSPS) is 20.8. The Labute approximate surface area is 125 Å². The number of rotatable bonds is 3. The van der Waals surface area contributed by atoms with Crippen LogP contribution in [0.15, 0.2) is 15.6 Å². The van der Waals surface area contributed by atoms with Crippen molar-refractivity contribution in [2.45, 2.75) is 26.8 Å². The van der Waals surface area contributed by atoms with E-state index in [9.17, 15) is 0 Å². The predicted molar refractivity (Wildman–Crippen MR) is 83.4 cm³/mol. The van der Waals surface area contributed by atoms with Crippen LogP contribution in [-0.2, 0) is 4.74 Å². The van der Waals surface area contributed by atoms with Crippen LogP contribution in [0, 0.1) is 13.8 Å². The van der Waals surface area contributed by atoms with E-state index in [0.29, 0.717) is 6.04 Å². The van der Waals surface area contributed by atoms with Crippen molar-refractivity contribution in [2.24, 2.45) is 4.99 Å². The molecule has 0 aliphatic carbocycles. The maximum atomic E-state index is 5.49.